The molecule has 0 radical (unpaired) electrons. The molecule has 0 aliphatic heterocycles. The molecule has 1 aromatic rings. The molecule has 1 N–H and O–H groups in total. The molecule has 0 unspecified atom stereocenters. The first kappa shape index (κ1) is 10.1. The van der Waals surface area contributed by atoms with Crippen LogP contribution < -0.4 is 0 Å². The van der Waals surface area contributed by atoms with Gasteiger partial charge in [-0.15, -0.1) is 0 Å². The van der Waals surface area contributed by atoms with E-state index in [1.165, 1.54) is 0 Å². The Bertz CT molecular complexity index is 292. The minimum atomic E-state index is -0.769. The molecule has 0 heterocycles. The highest BCUT2D eigenvalue weighted by Crippen LogP contribution is 2.13. The summed E-state index contributed by atoms with van der Waals surface area (Å²) in [7, 11) is 0. The predicted molar refractivity (Wildman–Crippen MR) is 52.0 cm³/mol. The number of aliphatic carboxylic acids is 1. The van der Waals surface area contributed by atoms with Crippen LogP contribution >= 0.6 is 11.6 Å². The number of carbonyl (C=O) groups is 1. The van der Waals surface area contributed by atoms with E-state index in [2.05, 4.69) is 0 Å². The van der Waals surface area contributed by atoms with Crippen molar-refractivity contribution in [1.82, 2.24) is 0 Å². The van der Waals surface area contributed by atoms with Crippen LogP contribution in [0.15, 0.2) is 24.3 Å². The van der Waals surface area contributed by atoms with Gasteiger partial charge in [0.15, 0.2) is 0 Å². The van der Waals surface area contributed by atoms with Crippen LogP contribution in [-0.2, 0) is 11.2 Å². The van der Waals surface area contributed by atoms with E-state index in [4.69, 9.17) is 16.7 Å². The van der Waals surface area contributed by atoms with Gasteiger partial charge in [0.25, 0.3) is 0 Å². The monoisotopic (exact) mass is 198 g/mol. The van der Waals surface area contributed by atoms with Crippen LogP contribution in [-0.4, -0.2) is 11.1 Å². The fourth-order valence-corrected chi connectivity index (χ4v) is 1.19. The summed E-state index contributed by atoms with van der Waals surface area (Å²) in [6.07, 6.45) is 0.548. The SMILES string of the molecule is C[C@@H](Cc1ccc(Cl)cc1)C(=O)O. The fourth-order valence-electron chi connectivity index (χ4n) is 1.06. The van der Waals surface area contributed by atoms with Crippen LogP contribution in [0.5, 0.6) is 0 Å². The topological polar surface area (TPSA) is 37.3 Å². The lowest BCUT2D eigenvalue weighted by molar-refractivity contribution is -0.141. The minimum Gasteiger partial charge on any atom is -0.481 e. The van der Waals surface area contributed by atoms with E-state index in [0.29, 0.717) is 11.4 Å². The molecule has 1 aromatic carbocycles. The summed E-state index contributed by atoms with van der Waals surface area (Å²) in [5, 5.41) is 9.34. The van der Waals surface area contributed by atoms with E-state index < -0.39 is 5.97 Å². The second kappa shape index (κ2) is 4.28. The Morgan fingerprint density at radius 1 is 1.46 bits per heavy atom. The maximum atomic E-state index is 10.5. The lowest BCUT2D eigenvalue weighted by Crippen LogP contribution is -2.11. The second-order valence-electron chi connectivity index (χ2n) is 3.07. The first-order chi connectivity index (χ1) is 6.09. The third kappa shape index (κ3) is 3.07. The summed E-state index contributed by atoms with van der Waals surface area (Å²) >= 11 is 5.69. The number of carboxylic acids is 1. The molecule has 2 nitrogen and oxygen atoms in total. The standard InChI is InChI=1S/C10H11ClO2/c1-7(10(12)13)6-8-2-4-9(11)5-3-8/h2-5,7H,6H2,1H3,(H,12,13)/t7-/m0/s1. The second-order valence-corrected chi connectivity index (χ2v) is 3.51. The highest BCUT2D eigenvalue weighted by Gasteiger charge is 2.10. The number of carboxylic acid groups (broad SMARTS) is 1. The van der Waals surface area contributed by atoms with Crippen LogP contribution in [0.2, 0.25) is 5.02 Å². The zero-order valence-electron chi connectivity index (χ0n) is 7.33. The number of benzene rings is 1. The Morgan fingerprint density at radius 2 is 2.00 bits per heavy atom. The van der Waals surface area contributed by atoms with Crippen molar-refractivity contribution in [3.05, 3.63) is 34.9 Å². The normalized spacial score (nSPS) is 12.5. The van der Waals surface area contributed by atoms with E-state index in [0.717, 1.165) is 5.56 Å². The van der Waals surface area contributed by atoms with Crippen molar-refractivity contribution < 1.29 is 9.90 Å². The summed E-state index contributed by atoms with van der Waals surface area (Å²) in [6.45, 7) is 1.69. The highest BCUT2D eigenvalue weighted by molar-refractivity contribution is 6.30. The maximum Gasteiger partial charge on any atom is 0.306 e. The minimum absolute atomic E-state index is 0.346. The predicted octanol–water partition coefficient (Wildman–Crippen LogP) is 2.60. The number of hydrogen-bond donors (Lipinski definition) is 1. The molecule has 0 bridgehead atoms. The Balaban J connectivity index is 2.64. The van der Waals surface area contributed by atoms with Crippen molar-refractivity contribution >= 4 is 17.6 Å². The van der Waals surface area contributed by atoms with Gasteiger partial charge in [-0.1, -0.05) is 30.7 Å². The van der Waals surface area contributed by atoms with Crippen LogP contribution in [0.25, 0.3) is 0 Å². The Labute approximate surface area is 82.2 Å². The molecular formula is C10H11ClO2. The Morgan fingerprint density at radius 3 is 2.46 bits per heavy atom. The van der Waals surface area contributed by atoms with Gasteiger partial charge in [-0.05, 0) is 24.1 Å². The molecule has 1 rings (SSSR count). The van der Waals surface area contributed by atoms with Gasteiger partial charge in [0, 0.05) is 5.02 Å². The van der Waals surface area contributed by atoms with Crippen molar-refractivity contribution in [3.8, 4) is 0 Å². The average Bonchev–Trinajstić information content (AvgIpc) is 2.08. The molecule has 3 heteroatoms. The number of hydrogen-bond acceptors (Lipinski definition) is 1. The highest BCUT2D eigenvalue weighted by atomic mass is 35.5. The van der Waals surface area contributed by atoms with E-state index in [-0.39, 0.29) is 5.92 Å². The molecule has 0 saturated carbocycles. The van der Waals surface area contributed by atoms with Crippen LogP contribution in [0, 0.1) is 5.92 Å². The van der Waals surface area contributed by atoms with Crippen LogP contribution in [0.4, 0.5) is 0 Å². The summed E-state index contributed by atoms with van der Waals surface area (Å²) in [5.41, 5.74) is 0.999. The lowest BCUT2D eigenvalue weighted by atomic mass is 10.0. The third-order valence-electron chi connectivity index (χ3n) is 1.88. The van der Waals surface area contributed by atoms with Crippen molar-refractivity contribution in [3.63, 3.8) is 0 Å². The first-order valence-electron chi connectivity index (χ1n) is 4.07. The molecule has 0 aliphatic rings. The van der Waals surface area contributed by atoms with E-state index in [9.17, 15) is 4.79 Å². The Kier molecular flexibility index (Phi) is 3.32. The van der Waals surface area contributed by atoms with E-state index in [1.807, 2.05) is 12.1 Å². The zero-order chi connectivity index (χ0) is 9.84. The van der Waals surface area contributed by atoms with E-state index in [1.54, 1.807) is 19.1 Å². The first-order valence-corrected chi connectivity index (χ1v) is 4.44. The van der Waals surface area contributed by atoms with Gasteiger partial charge in [0.05, 0.1) is 5.92 Å². The summed E-state index contributed by atoms with van der Waals surface area (Å²) < 4.78 is 0. The molecule has 13 heavy (non-hydrogen) atoms. The molecule has 0 spiro atoms. The summed E-state index contributed by atoms with van der Waals surface area (Å²) in [6, 6.07) is 7.24. The van der Waals surface area contributed by atoms with Crippen LogP contribution in [0.3, 0.4) is 0 Å². The van der Waals surface area contributed by atoms with Gasteiger partial charge in [-0.2, -0.15) is 0 Å². The van der Waals surface area contributed by atoms with Crippen molar-refractivity contribution in [1.29, 1.82) is 0 Å². The number of rotatable bonds is 3. The molecule has 0 aliphatic carbocycles. The lowest BCUT2D eigenvalue weighted by Gasteiger charge is -2.05. The molecule has 0 fully saturated rings. The van der Waals surface area contributed by atoms with Crippen molar-refractivity contribution in [2.75, 3.05) is 0 Å². The van der Waals surface area contributed by atoms with Gasteiger partial charge < -0.3 is 5.11 Å². The van der Waals surface area contributed by atoms with Crippen LogP contribution in [0.1, 0.15) is 12.5 Å². The largest absolute Gasteiger partial charge is 0.481 e. The smallest absolute Gasteiger partial charge is 0.306 e. The third-order valence-corrected chi connectivity index (χ3v) is 2.13. The fraction of sp³-hybridized carbons (Fsp3) is 0.300. The molecular weight excluding hydrogens is 188 g/mol. The average molecular weight is 199 g/mol. The molecule has 1 atom stereocenters. The van der Waals surface area contributed by atoms with Gasteiger partial charge >= 0.3 is 5.97 Å². The number of halogens is 1. The Hall–Kier alpha value is -1.02. The zero-order valence-corrected chi connectivity index (χ0v) is 8.08. The molecule has 0 saturated heterocycles. The van der Waals surface area contributed by atoms with Gasteiger partial charge in [0.1, 0.15) is 0 Å². The molecule has 0 amide bonds. The van der Waals surface area contributed by atoms with Crippen molar-refractivity contribution in [2.45, 2.75) is 13.3 Å². The van der Waals surface area contributed by atoms with Gasteiger partial charge in [-0.25, -0.2) is 0 Å². The van der Waals surface area contributed by atoms with Crippen molar-refractivity contribution in [2.24, 2.45) is 5.92 Å². The van der Waals surface area contributed by atoms with E-state index >= 15 is 0 Å². The maximum absolute atomic E-state index is 10.5. The molecule has 0 aromatic heterocycles. The van der Waals surface area contributed by atoms with Gasteiger partial charge in [-0.3, -0.25) is 4.79 Å². The summed E-state index contributed by atoms with van der Waals surface area (Å²) in [5.74, 6) is -1.11. The van der Waals surface area contributed by atoms with Gasteiger partial charge in [0.2, 0.25) is 0 Å². The quantitative estimate of drug-likeness (QED) is 0.811. The summed E-state index contributed by atoms with van der Waals surface area (Å²) in [4.78, 5) is 10.5. The molecule has 70 valence electrons.